The van der Waals surface area contributed by atoms with Crippen LogP contribution in [0.1, 0.15) is 12.5 Å². The summed E-state index contributed by atoms with van der Waals surface area (Å²) < 4.78 is 25.7. The fourth-order valence-corrected chi connectivity index (χ4v) is 2.49. The Morgan fingerprint density at radius 1 is 1.35 bits per heavy atom. The Balaban J connectivity index is 2.86. The number of amides is 1. The summed E-state index contributed by atoms with van der Waals surface area (Å²) in [4.78, 5) is 11.5. The molecule has 6 N–H and O–H groups in total. The first-order valence-corrected chi connectivity index (χ1v) is 7.55. The Morgan fingerprint density at radius 2 is 1.90 bits per heavy atom. The summed E-state index contributed by atoms with van der Waals surface area (Å²) in [6.45, 7) is 1.77. The van der Waals surface area contributed by atoms with Crippen LogP contribution in [0.4, 0.5) is 0 Å². The van der Waals surface area contributed by atoms with Crippen LogP contribution < -0.4 is 16.2 Å². The molecule has 0 fully saturated rings. The maximum Gasteiger partial charge on any atom is 0.264 e. The third kappa shape index (κ3) is 4.27. The maximum atomic E-state index is 11.9. The van der Waals surface area contributed by atoms with Gasteiger partial charge in [0.05, 0.1) is 11.0 Å². The van der Waals surface area contributed by atoms with E-state index in [0.29, 0.717) is 13.0 Å². The van der Waals surface area contributed by atoms with Crippen molar-refractivity contribution in [3.8, 4) is 0 Å². The fraction of sp³-hybridized carbons (Fsp3) is 0.417. The quantitative estimate of drug-likeness (QED) is 0.516. The molecule has 2 atom stereocenters. The van der Waals surface area contributed by atoms with Crippen LogP contribution in [0.2, 0.25) is 0 Å². The lowest BCUT2D eigenvalue weighted by molar-refractivity contribution is -0.122. The molecule has 1 amide bonds. The number of aliphatic hydroxyl groups excluding tert-OH is 1. The summed E-state index contributed by atoms with van der Waals surface area (Å²) in [5, 5.41) is 9.16. The van der Waals surface area contributed by atoms with E-state index in [1.165, 1.54) is 19.1 Å². The maximum absolute atomic E-state index is 11.9. The smallest absolute Gasteiger partial charge is 0.264 e. The second-order valence-corrected chi connectivity index (χ2v) is 6.10. The molecule has 8 heteroatoms. The Kier molecular flexibility index (Phi) is 5.63. The van der Waals surface area contributed by atoms with Gasteiger partial charge in [0.15, 0.2) is 0 Å². The zero-order valence-corrected chi connectivity index (χ0v) is 11.9. The third-order valence-electron chi connectivity index (χ3n) is 2.72. The summed E-state index contributed by atoms with van der Waals surface area (Å²) in [6, 6.07) is 4.71. The molecule has 0 saturated heterocycles. The van der Waals surface area contributed by atoms with Gasteiger partial charge in [-0.3, -0.25) is 4.79 Å². The predicted octanol–water partition coefficient (Wildman–Crippen LogP) is -1.30. The van der Waals surface area contributed by atoms with Crippen LogP contribution in [-0.2, 0) is 21.2 Å². The zero-order valence-electron chi connectivity index (χ0n) is 11.1. The number of nitrogens with one attached hydrogen (secondary N) is 1. The highest BCUT2D eigenvalue weighted by Crippen LogP contribution is 2.11. The van der Waals surface area contributed by atoms with Gasteiger partial charge in [0.1, 0.15) is 6.04 Å². The molecule has 1 rings (SSSR count). The Bertz CT molecular complexity index is 555. The molecule has 2 unspecified atom stereocenters. The Hall–Kier alpha value is -1.48. The molecule has 0 saturated carbocycles. The van der Waals surface area contributed by atoms with Crippen LogP contribution in [-0.4, -0.2) is 38.1 Å². The lowest BCUT2D eigenvalue weighted by Gasteiger charge is -2.14. The first-order valence-electron chi connectivity index (χ1n) is 6.07. The van der Waals surface area contributed by atoms with Crippen LogP contribution in [0.5, 0.6) is 0 Å². The van der Waals surface area contributed by atoms with Gasteiger partial charge in [-0.2, -0.15) is 0 Å². The summed E-state index contributed by atoms with van der Waals surface area (Å²) >= 11 is 0. The molecule has 0 spiro atoms. The highest BCUT2D eigenvalue weighted by molar-refractivity contribution is 7.90. The summed E-state index contributed by atoms with van der Waals surface area (Å²) in [5.41, 5.74) is 11.7. The topological polar surface area (TPSA) is 136 Å². The number of aliphatic hydroxyl groups is 1. The Labute approximate surface area is 118 Å². The van der Waals surface area contributed by atoms with E-state index in [1.54, 1.807) is 12.1 Å². The van der Waals surface area contributed by atoms with E-state index >= 15 is 0 Å². The van der Waals surface area contributed by atoms with E-state index in [0.717, 1.165) is 5.56 Å². The van der Waals surface area contributed by atoms with Crippen LogP contribution in [0, 0.1) is 0 Å². The lowest BCUT2D eigenvalue weighted by atomic mass is 10.2. The molecular weight excluding hydrogens is 282 g/mol. The van der Waals surface area contributed by atoms with E-state index in [1.807, 2.05) is 4.72 Å². The van der Waals surface area contributed by atoms with Crippen molar-refractivity contribution in [2.75, 3.05) is 6.54 Å². The third-order valence-corrected chi connectivity index (χ3v) is 4.09. The minimum absolute atomic E-state index is 0.0515. The molecule has 7 nitrogen and oxygen atoms in total. The molecule has 112 valence electrons. The number of hydrogen-bond acceptors (Lipinski definition) is 6. The van der Waals surface area contributed by atoms with Crippen molar-refractivity contribution >= 4 is 15.9 Å². The van der Waals surface area contributed by atoms with Crippen molar-refractivity contribution in [2.24, 2.45) is 11.5 Å². The highest BCUT2D eigenvalue weighted by atomic mass is 32.2. The minimum Gasteiger partial charge on any atom is -0.391 e. The molecule has 0 heterocycles. The van der Waals surface area contributed by atoms with E-state index in [-0.39, 0.29) is 4.90 Å². The van der Waals surface area contributed by atoms with Crippen LogP contribution in [0.25, 0.3) is 0 Å². The molecule has 20 heavy (non-hydrogen) atoms. The van der Waals surface area contributed by atoms with Crippen molar-refractivity contribution in [3.63, 3.8) is 0 Å². The Morgan fingerprint density at radius 3 is 2.35 bits per heavy atom. The summed E-state index contributed by atoms with van der Waals surface area (Å²) in [6.07, 6.45) is -0.503. The van der Waals surface area contributed by atoms with Gasteiger partial charge in [-0.25, -0.2) is 13.1 Å². The van der Waals surface area contributed by atoms with Gasteiger partial charge in [0.2, 0.25) is 0 Å². The van der Waals surface area contributed by atoms with Gasteiger partial charge in [-0.1, -0.05) is 12.1 Å². The molecule has 0 aliphatic rings. The number of benzene rings is 1. The molecule has 0 aliphatic heterocycles. The van der Waals surface area contributed by atoms with Gasteiger partial charge in [0.25, 0.3) is 15.9 Å². The first kappa shape index (κ1) is 16.6. The number of carbonyl (C=O) groups is 1. The number of nitrogens with two attached hydrogens (primary N) is 2. The van der Waals surface area contributed by atoms with E-state index in [2.05, 4.69) is 0 Å². The van der Waals surface area contributed by atoms with Crippen molar-refractivity contribution in [2.45, 2.75) is 30.4 Å². The van der Waals surface area contributed by atoms with Gasteiger partial charge >= 0.3 is 0 Å². The number of sulfonamides is 1. The first-order chi connectivity index (χ1) is 9.27. The van der Waals surface area contributed by atoms with Crippen LogP contribution in [0.3, 0.4) is 0 Å². The summed E-state index contributed by atoms with van der Waals surface area (Å²) in [7, 11) is -3.99. The van der Waals surface area contributed by atoms with E-state index < -0.39 is 28.1 Å². The van der Waals surface area contributed by atoms with Gasteiger partial charge in [-0.15, -0.1) is 0 Å². The second-order valence-electron chi connectivity index (χ2n) is 4.42. The van der Waals surface area contributed by atoms with Crippen LogP contribution in [0.15, 0.2) is 29.2 Å². The SMILES string of the molecule is CC(O)C(N)C(=O)NS(=O)(=O)c1ccc(CCN)cc1. The lowest BCUT2D eigenvalue weighted by Crippen LogP contribution is -2.48. The number of carbonyl (C=O) groups excluding carboxylic acids is 1. The van der Waals surface area contributed by atoms with Crippen molar-refractivity contribution in [1.82, 2.24) is 4.72 Å². The van der Waals surface area contributed by atoms with Crippen LogP contribution >= 0.6 is 0 Å². The van der Waals surface area contributed by atoms with Crippen molar-refractivity contribution < 1.29 is 18.3 Å². The molecule has 1 aromatic carbocycles. The standard InChI is InChI=1S/C12H19N3O4S/c1-8(16)11(14)12(17)15-20(18,19)10-4-2-9(3-5-10)6-7-13/h2-5,8,11,16H,6-7,13-14H2,1H3,(H,15,17). The largest absolute Gasteiger partial charge is 0.391 e. The minimum atomic E-state index is -3.99. The van der Waals surface area contributed by atoms with E-state index in [4.69, 9.17) is 16.6 Å². The molecule has 0 aromatic heterocycles. The predicted molar refractivity (Wildman–Crippen MR) is 74.2 cm³/mol. The average molecular weight is 301 g/mol. The fourth-order valence-electron chi connectivity index (χ4n) is 1.48. The van der Waals surface area contributed by atoms with Gasteiger partial charge < -0.3 is 16.6 Å². The number of rotatable bonds is 6. The summed E-state index contributed by atoms with van der Waals surface area (Å²) in [5.74, 6) is -0.953. The second kappa shape index (κ2) is 6.80. The molecule has 1 aromatic rings. The van der Waals surface area contributed by atoms with Crippen molar-refractivity contribution in [1.29, 1.82) is 0 Å². The molecule has 0 radical (unpaired) electrons. The average Bonchev–Trinajstić information content (AvgIpc) is 2.38. The van der Waals surface area contributed by atoms with Crippen molar-refractivity contribution in [3.05, 3.63) is 29.8 Å². The monoisotopic (exact) mass is 301 g/mol. The molecule has 0 bridgehead atoms. The normalized spacial score (nSPS) is 14.6. The number of hydrogen-bond donors (Lipinski definition) is 4. The van der Waals surface area contributed by atoms with Gasteiger partial charge in [-0.05, 0) is 37.6 Å². The highest BCUT2D eigenvalue weighted by Gasteiger charge is 2.24. The zero-order chi connectivity index (χ0) is 15.3. The molecule has 0 aliphatic carbocycles. The molecular formula is C12H19N3O4S. The van der Waals surface area contributed by atoms with Gasteiger partial charge in [0, 0.05) is 0 Å². The van der Waals surface area contributed by atoms with E-state index in [9.17, 15) is 13.2 Å².